The van der Waals surface area contributed by atoms with E-state index in [1.165, 1.54) is 5.56 Å². The average Bonchev–Trinajstić information content (AvgIpc) is 2.88. The molecule has 1 aromatic carbocycles. The van der Waals surface area contributed by atoms with Crippen LogP contribution in [0.25, 0.3) is 0 Å². The number of hydrogen-bond acceptors (Lipinski definition) is 3. The summed E-state index contributed by atoms with van der Waals surface area (Å²) < 4.78 is 0. The van der Waals surface area contributed by atoms with Gasteiger partial charge in [0, 0.05) is 25.8 Å². The number of rotatable bonds is 5. The summed E-state index contributed by atoms with van der Waals surface area (Å²) in [6.07, 6.45) is 0.615. The van der Waals surface area contributed by atoms with Crippen molar-refractivity contribution in [3.8, 4) is 0 Å². The van der Waals surface area contributed by atoms with Crippen LogP contribution in [-0.4, -0.2) is 48.1 Å². The first-order chi connectivity index (χ1) is 10.8. The molecule has 1 saturated heterocycles. The zero-order valence-corrected chi connectivity index (χ0v) is 14.4. The predicted molar refractivity (Wildman–Crippen MR) is 90.3 cm³/mol. The Kier molecular flexibility index (Phi) is 5.42. The van der Waals surface area contributed by atoms with Crippen molar-refractivity contribution in [1.29, 1.82) is 0 Å². The lowest BCUT2D eigenvalue weighted by atomic mass is 10.1. The summed E-state index contributed by atoms with van der Waals surface area (Å²) in [6, 6.07) is 5.93. The van der Waals surface area contributed by atoms with Crippen LogP contribution in [0, 0.1) is 19.8 Å². The minimum atomic E-state index is -0.601. The molecule has 5 heteroatoms. The molecule has 0 spiro atoms. The third-order valence-corrected chi connectivity index (χ3v) is 4.56. The van der Waals surface area contributed by atoms with Gasteiger partial charge < -0.3 is 14.9 Å². The van der Waals surface area contributed by atoms with Crippen LogP contribution in [0.4, 0.5) is 5.69 Å². The topological polar surface area (TPSA) is 60.9 Å². The van der Waals surface area contributed by atoms with E-state index in [1.54, 1.807) is 23.8 Å². The SMILES string of the molecule is Cc1ccc(N2CCC(C(=O)N(C)CCC(C)O)C2=O)cc1C. The van der Waals surface area contributed by atoms with E-state index in [0.717, 1.165) is 11.3 Å². The Morgan fingerprint density at radius 1 is 1.39 bits per heavy atom. The fourth-order valence-electron chi connectivity index (χ4n) is 2.82. The Morgan fingerprint density at radius 3 is 2.70 bits per heavy atom. The second kappa shape index (κ2) is 7.13. The molecule has 1 aliphatic heterocycles. The number of carbonyl (C=O) groups is 2. The van der Waals surface area contributed by atoms with E-state index in [1.807, 2.05) is 32.0 Å². The molecule has 0 aromatic heterocycles. The van der Waals surface area contributed by atoms with E-state index in [0.29, 0.717) is 25.9 Å². The number of aryl methyl sites for hydroxylation is 2. The standard InChI is InChI=1S/C18H26N2O3/c1-12-5-6-15(11-13(12)2)20-10-8-16(18(20)23)17(22)19(4)9-7-14(3)21/h5-6,11,14,16,21H,7-10H2,1-4H3. The molecule has 0 saturated carbocycles. The molecule has 2 atom stereocenters. The fourth-order valence-corrected chi connectivity index (χ4v) is 2.82. The first-order valence-electron chi connectivity index (χ1n) is 8.13. The van der Waals surface area contributed by atoms with Crippen LogP contribution in [0.15, 0.2) is 18.2 Å². The maximum Gasteiger partial charge on any atom is 0.239 e. The third-order valence-electron chi connectivity index (χ3n) is 4.56. The van der Waals surface area contributed by atoms with Gasteiger partial charge in [-0.05, 0) is 56.9 Å². The molecule has 1 aromatic rings. The Labute approximate surface area is 137 Å². The molecule has 23 heavy (non-hydrogen) atoms. The average molecular weight is 318 g/mol. The smallest absolute Gasteiger partial charge is 0.239 e. The van der Waals surface area contributed by atoms with E-state index >= 15 is 0 Å². The molecule has 1 aliphatic rings. The largest absolute Gasteiger partial charge is 0.393 e. The van der Waals surface area contributed by atoms with Crippen LogP contribution >= 0.6 is 0 Å². The van der Waals surface area contributed by atoms with Gasteiger partial charge in [-0.15, -0.1) is 0 Å². The van der Waals surface area contributed by atoms with Gasteiger partial charge in [-0.2, -0.15) is 0 Å². The Hall–Kier alpha value is -1.88. The van der Waals surface area contributed by atoms with Gasteiger partial charge in [0.1, 0.15) is 5.92 Å². The summed E-state index contributed by atoms with van der Waals surface area (Å²) in [5.74, 6) is -0.875. The van der Waals surface area contributed by atoms with Gasteiger partial charge in [0.05, 0.1) is 6.10 Å². The maximum atomic E-state index is 12.6. The summed E-state index contributed by atoms with van der Waals surface area (Å²) in [5.41, 5.74) is 3.19. The van der Waals surface area contributed by atoms with Gasteiger partial charge in [0.2, 0.25) is 11.8 Å². The number of carbonyl (C=O) groups excluding carboxylic acids is 2. The molecule has 1 heterocycles. The van der Waals surface area contributed by atoms with Crippen molar-refractivity contribution in [1.82, 2.24) is 4.90 Å². The second-order valence-corrected chi connectivity index (χ2v) is 6.50. The summed E-state index contributed by atoms with van der Waals surface area (Å²) in [7, 11) is 1.69. The quantitative estimate of drug-likeness (QED) is 0.843. The predicted octanol–water partition coefficient (Wildman–Crippen LogP) is 1.89. The number of nitrogens with zero attached hydrogens (tertiary/aromatic N) is 2. The third kappa shape index (κ3) is 3.91. The molecule has 0 radical (unpaired) electrons. The zero-order valence-electron chi connectivity index (χ0n) is 14.4. The second-order valence-electron chi connectivity index (χ2n) is 6.50. The van der Waals surface area contributed by atoms with E-state index in [-0.39, 0.29) is 11.8 Å². The lowest BCUT2D eigenvalue weighted by molar-refractivity contribution is -0.139. The van der Waals surface area contributed by atoms with E-state index < -0.39 is 12.0 Å². The van der Waals surface area contributed by atoms with Crippen LogP contribution < -0.4 is 4.90 Å². The lowest BCUT2D eigenvalue weighted by Gasteiger charge is -2.22. The summed E-state index contributed by atoms with van der Waals surface area (Å²) in [4.78, 5) is 28.3. The summed E-state index contributed by atoms with van der Waals surface area (Å²) in [5, 5.41) is 9.33. The molecule has 126 valence electrons. The van der Waals surface area contributed by atoms with Crippen molar-refractivity contribution >= 4 is 17.5 Å². The Balaban J connectivity index is 2.06. The molecule has 0 aliphatic carbocycles. The highest BCUT2D eigenvalue weighted by Crippen LogP contribution is 2.27. The van der Waals surface area contributed by atoms with Gasteiger partial charge in [-0.1, -0.05) is 6.07 Å². The summed E-state index contributed by atoms with van der Waals surface area (Å²) >= 11 is 0. The Morgan fingerprint density at radius 2 is 2.09 bits per heavy atom. The van der Waals surface area contributed by atoms with Gasteiger partial charge in [0.15, 0.2) is 0 Å². The molecule has 2 rings (SSSR count). The molecule has 2 unspecified atom stereocenters. The molecular formula is C18H26N2O3. The van der Waals surface area contributed by atoms with Crippen molar-refractivity contribution in [3.05, 3.63) is 29.3 Å². The maximum absolute atomic E-state index is 12.6. The van der Waals surface area contributed by atoms with Crippen molar-refractivity contribution in [2.24, 2.45) is 5.92 Å². The van der Waals surface area contributed by atoms with Crippen LogP contribution in [0.3, 0.4) is 0 Å². The number of hydrogen-bond donors (Lipinski definition) is 1. The van der Waals surface area contributed by atoms with Crippen LogP contribution in [0.1, 0.15) is 30.9 Å². The van der Waals surface area contributed by atoms with E-state index in [9.17, 15) is 14.7 Å². The number of aliphatic hydroxyl groups excluding tert-OH is 1. The monoisotopic (exact) mass is 318 g/mol. The van der Waals surface area contributed by atoms with E-state index in [2.05, 4.69) is 0 Å². The van der Waals surface area contributed by atoms with Gasteiger partial charge in [-0.25, -0.2) is 0 Å². The van der Waals surface area contributed by atoms with E-state index in [4.69, 9.17) is 0 Å². The molecule has 2 amide bonds. The van der Waals surface area contributed by atoms with Crippen molar-refractivity contribution < 1.29 is 14.7 Å². The fraction of sp³-hybridized carbons (Fsp3) is 0.556. The van der Waals surface area contributed by atoms with Crippen molar-refractivity contribution in [2.75, 3.05) is 25.0 Å². The van der Waals surface area contributed by atoms with Crippen molar-refractivity contribution in [2.45, 2.75) is 39.7 Å². The first kappa shape index (κ1) is 17.5. The highest BCUT2D eigenvalue weighted by atomic mass is 16.3. The molecule has 0 bridgehead atoms. The number of anilines is 1. The minimum absolute atomic E-state index is 0.123. The van der Waals surface area contributed by atoms with Gasteiger partial charge in [0.25, 0.3) is 0 Å². The summed E-state index contributed by atoms with van der Waals surface area (Å²) in [6.45, 7) is 6.78. The van der Waals surface area contributed by atoms with Gasteiger partial charge >= 0.3 is 0 Å². The lowest BCUT2D eigenvalue weighted by Crippen LogP contribution is -2.39. The minimum Gasteiger partial charge on any atom is -0.393 e. The van der Waals surface area contributed by atoms with Crippen LogP contribution in [-0.2, 0) is 9.59 Å². The molecule has 1 N–H and O–H groups in total. The number of benzene rings is 1. The highest BCUT2D eigenvalue weighted by Gasteiger charge is 2.38. The molecule has 5 nitrogen and oxygen atoms in total. The normalized spacial score (nSPS) is 19.1. The van der Waals surface area contributed by atoms with Crippen LogP contribution in [0.5, 0.6) is 0 Å². The number of amides is 2. The van der Waals surface area contributed by atoms with Crippen molar-refractivity contribution in [3.63, 3.8) is 0 Å². The first-order valence-corrected chi connectivity index (χ1v) is 8.13. The zero-order chi connectivity index (χ0) is 17.1. The van der Waals surface area contributed by atoms with Gasteiger partial charge in [-0.3, -0.25) is 9.59 Å². The van der Waals surface area contributed by atoms with Crippen LogP contribution in [0.2, 0.25) is 0 Å². The molecular weight excluding hydrogens is 292 g/mol. The highest BCUT2D eigenvalue weighted by molar-refractivity contribution is 6.09. The number of aliphatic hydroxyl groups is 1. The Bertz CT molecular complexity index is 598. The molecule has 1 fully saturated rings.